The van der Waals surface area contributed by atoms with Crippen LogP contribution in [-0.2, 0) is 30.7 Å². The first-order valence-corrected chi connectivity index (χ1v) is 9.03. The monoisotopic (exact) mass is 354 g/mol. The third-order valence-electron chi connectivity index (χ3n) is 5.02. The summed E-state index contributed by atoms with van der Waals surface area (Å²) in [4.78, 5) is 25.5. The molecule has 0 aliphatic carbocycles. The molecule has 0 spiro atoms. The highest BCUT2D eigenvalue weighted by atomic mass is 16.4. The number of carboxylic acid groups (broad SMARTS) is 1. The molecule has 2 N–H and O–H groups in total. The first kappa shape index (κ1) is 16.6. The Hall–Kier alpha value is -2.83. The first-order valence-electron chi connectivity index (χ1n) is 9.03. The van der Waals surface area contributed by atoms with Gasteiger partial charge >= 0.3 is 5.97 Å². The van der Waals surface area contributed by atoms with Crippen LogP contribution in [0.1, 0.15) is 40.2 Å². The largest absolute Gasteiger partial charge is 0.481 e. The number of carbonyl (C=O) groups is 2. The van der Waals surface area contributed by atoms with E-state index in [1.807, 2.05) is 33.8 Å². The minimum Gasteiger partial charge on any atom is -0.481 e. The van der Waals surface area contributed by atoms with Crippen LogP contribution >= 0.6 is 0 Å². The quantitative estimate of drug-likeness (QED) is 0.876. The van der Waals surface area contributed by atoms with Crippen LogP contribution in [0, 0.1) is 0 Å². The zero-order valence-corrected chi connectivity index (χ0v) is 14.6. The molecule has 3 heterocycles. The van der Waals surface area contributed by atoms with E-state index in [-0.39, 0.29) is 12.3 Å². The molecular weight excluding hydrogens is 332 g/mol. The number of anilines is 1. The van der Waals surface area contributed by atoms with Crippen molar-refractivity contribution in [2.75, 3.05) is 18.4 Å². The summed E-state index contributed by atoms with van der Waals surface area (Å²) in [5.41, 5.74) is 4.81. The van der Waals surface area contributed by atoms with E-state index < -0.39 is 5.97 Å². The molecule has 0 atom stereocenters. The Bertz CT molecular complexity index is 858. The van der Waals surface area contributed by atoms with Crippen molar-refractivity contribution in [3.05, 3.63) is 46.8 Å². The lowest BCUT2D eigenvalue weighted by Crippen LogP contribution is -2.38. The van der Waals surface area contributed by atoms with Gasteiger partial charge in [0.1, 0.15) is 0 Å². The second-order valence-corrected chi connectivity index (χ2v) is 6.87. The van der Waals surface area contributed by atoms with Gasteiger partial charge in [0, 0.05) is 30.8 Å². The SMILES string of the molecule is O=C(O)CCc1cc2n(n1)CCN(C(=O)c1ccc3c(c1)CCCN3)C2. The molecule has 2 aliphatic rings. The van der Waals surface area contributed by atoms with Gasteiger partial charge < -0.3 is 15.3 Å². The molecule has 0 fully saturated rings. The van der Waals surface area contributed by atoms with Crippen LogP contribution in [0.15, 0.2) is 24.3 Å². The number of carboxylic acids is 1. The van der Waals surface area contributed by atoms with E-state index in [1.165, 1.54) is 5.56 Å². The van der Waals surface area contributed by atoms with Gasteiger partial charge in [-0.1, -0.05) is 0 Å². The van der Waals surface area contributed by atoms with Crippen molar-refractivity contribution in [2.45, 2.75) is 38.8 Å². The Morgan fingerprint density at radius 3 is 2.96 bits per heavy atom. The topological polar surface area (TPSA) is 87.5 Å². The average Bonchev–Trinajstić information content (AvgIpc) is 3.07. The predicted molar refractivity (Wildman–Crippen MR) is 96.2 cm³/mol. The number of hydrogen-bond donors (Lipinski definition) is 2. The molecule has 2 aliphatic heterocycles. The van der Waals surface area contributed by atoms with Crippen molar-refractivity contribution in [1.82, 2.24) is 14.7 Å². The summed E-state index contributed by atoms with van der Waals surface area (Å²) in [6.45, 7) is 2.75. The normalized spacial score (nSPS) is 15.8. The van der Waals surface area contributed by atoms with Gasteiger partial charge in [-0.15, -0.1) is 0 Å². The predicted octanol–water partition coefficient (Wildman–Crippen LogP) is 1.91. The van der Waals surface area contributed by atoms with E-state index in [0.29, 0.717) is 26.1 Å². The summed E-state index contributed by atoms with van der Waals surface area (Å²) in [7, 11) is 0. The maximum atomic E-state index is 12.9. The molecule has 1 amide bonds. The minimum absolute atomic E-state index is 0.0397. The Balaban J connectivity index is 1.48. The third-order valence-corrected chi connectivity index (χ3v) is 5.02. The van der Waals surface area contributed by atoms with Crippen LogP contribution in [0.2, 0.25) is 0 Å². The summed E-state index contributed by atoms with van der Waals surface area (Å²) in [5.74, 6) is -0.785. The summed E-state index contributed by atoms with van der Waals surface area (Å²) >= 11 is 0. The summed E-state index contributed by atoms with van der Waals surface area (Å²) < 4.78 is 1.89. The number of rotatable bonds is 4. The fourth-order valence-corrected chi connectivity index (χ4v) is 3.65. The smallest absolute Gasteiger partial charge is 0.303 e. The molecule has 0 radical (unpaired) electrons. The van der Waals surface area contributed by atoms with Crippen LogP contribution in [-0.4, -0.2) is 44.8 Å². The number of nitrogens with one attached hydrogen (secondary N) is 1. The molecule has 7 heteroatoms. The number of aliphatic carboxylic acids is 1. The number of amides is 1. The zero-order valence-electron chi connectivity index (χ0n) is 14.6. The van der Waals surface area contributed by atoms with Gasteiger partial charge in [-0.25, -0.2) is 0 Å². The summed E-state index contributed by atoms with van der Waals surface area (Å²) in [5, 5.41) is 16.6. The van der Waals surface area contributed by atoms with Gasteiger partial charge in [0.05, 0.1) is 30.9 Å². The highest BCUT2D eigenvalue weighted by Gasteiger charge is 2.24. The second-order valence-electron chi connectivity index (χ2n) is 6.87. The fourth-order valence-electron chi connectivity index (χ4n) is 3.65. The van der Waals surface area contributed by atoms with Crippen LogP contribution < -0.4 is 5.32 Å². The first-order chi connectivity index (χ1) is 12.6. The average molecular weight is 354 g/mol. The Kier molecular flexibility index (Phi) is 4.36. The van der Waals surface area contributed by atoms with Crippen molar-refractivity contribution in [2.24, 2.45) is 0 Å². The number of aromatic nitrogens is 2. The number of fused-ring (bicyclic) bond motifs is 2. The lowest BCUT2D eigenvalue weighted by molar-refractivity contribution is -0.136. The van der Waals surface area contributed by atoms with Gasteiger partial charge in [-0.05, 0) is 42.7 Å². The molecule has 2 aromatic rings. The standard InChI is InChI=1S/C19H22N4O3/c24-18(25)6-4-15-11-16-12-22(8-9-23(16)21-15)19(26)14-3-5-17-13(10-14)2-1-7-20-17/h3,5,10-11,20H,1-2,4,6-9,12H2,(H,24,25). The van der Waals surface area contributed by atoms with Crippen molar-refractivity contribution < 1.29 is 14.7 Å². The highest BCUT2D eigenvalue weighted by Crippen LogP contribution is 2.24. The van der Waals surface area contributed by atoms with Crippen LogP contribution in [0.25, 0.3) is 0 Å². The molecule has 0 bridgehead atoms. The Morgan fingerprint density at radius 2 is 2.12 bits per heavy atom. The number of aryl methyl sites for hydroxylation is 2. The molecule has 0 saturated heterocycles. The Labute approximate surface area is 151 Å². The van der Waals surface area contributed by atoms with Gasteiger partial charge in [-0.3, -0.25) is 14.3 Å². The molecule has 1 aromatic carbocycles. The summed E-state index contributed by atoms with van der Waals surface area (Å²) in [6, 6.07) is 7.82. The van der Waals surface area contributed by atoms with Crippen molar-refractivity contribution in [3.8, 4) is 0 Å². The van der Waals surface area contributed by atoms with E-state index in [1.54, 1.807) is 0 Å². The molecule has 26 heavy (non-hydrogen) atoms. The van der Waals surface area contributed by atoms with E-state index >= 15 is 0 Å². The van der Waals surface area contributed by atoms with Gasteiger partial charge in [0.2, 0.25) is 0 Å². The third kappa shape index (κ3) is 3.29. The van der Waals surface area contributed by atoms with Crippen molar-refractivity contribution in [3.63, 3.8) is 0 Å². The molecule has 7 nitrogen and oxygen atoms in total. The van der Waals surface area contributed by atoms with Gasteiger partial charge in [-0.2, -0.15) is 5.10 Å². The van der Waals surface area contributed by atoms with E-state index in [4.69, 9.17) is 5.11 Å². The lowest BCUT2D eigenvalue weighted by atomic mass is 10.00. The lowest BCUT2D eigenvalue weighted by Gasteiger charge is -2.28. The zero-order chi connectivity index (χ0) is 18.1. The maximum Gasteiger partial charge on any atom is 0.303 e. The number of nitrogens with zero attached hydrogens (tertiary/aromatic N) is 3. The number of benzene rings is 1. The second kappa shape index (κ2) is 6.82. The highest BCUT2D eigenvalue weighted by molar-refractivity contribution is 5.95. The molecule has 136 valence electrons. The molecular formula is C19H22N4O3. The van der Waals surface area contributed by atoms with Crippen molar-refractivity contribution in [1.29, 1.82) is 0 Å². The maximum absolute atomic E-state index is 12.9. The van der Waals surface area contributed by atoms with E-state index in [0.717, 1.165) is 42.0 Å². The van der Waals surface area contributed by atoms with E-state index in [2.05, 4.69) is 10.4 Å². The van der Waals surface area contributed by atoms with E-state index in [9.17, 15) is 9.59 Å². The molecule has 4 rings (SSSR count). The number of hydrogen-bond acceptors (Lipinski definition) is 4. The van der Waals surface area contributed by atoms with Crippen LogP contribution in [0.4, 0.5) is 5.69 Å². The number of carbonyl (C=O) groups excluding carboxylic acids is 1. The molecule has 1 aromatic heterocycles. The van der Waals surface area contributed by atoms with Crippen LogP contribution in [0.5, 0.6) is 0 Å². The van der Waals surface area contributed by atoms with Gasteiger partial charge in [0.15, 0.2) is 0 Å². The van der Waals surface area contributed by atoms with Crippen LogP contribution in [0.3, 0.4) is 0 Å². The summed E-state index contributed by atoms with van der Waals surface area (Å²) in [6.07, 6.45) is 2.58. The fraction of sp³-hybridized carbons (Fsp3) is 0.421. The molecule has 0 saturated carbocycles. The van der Waals surface area contributed by atoms with Crippen molar-refractivity contribution >= 4 is 17.6 Å². The minimum atomic E-state index is -0.824. The Morgan fingerprint density at radius 1 is 1.23 bits per heavy atom. The molecule has 0 unspecified atom stereocenters. The van der Waals surface area contributed by atoms with Gasteiger partial charge in [0.25, 0.3) is 5.91 Å².